The minimum atomic E-state index is -0.0205. The predicted molar refractivity (Wildman–Crippen MR) is 71.1 cm³/mol. The Bertz CT molecular complexity index is 530. The van der Waals surface area contributed by atoms with Crippen molar-refractivity contribution < 1.29 is 4.79 Å². The third-order valence-corrected chi connectivity index (χ3v) is 2.70. The zero-order valence-corrected chi connectivity index (χ0v) is 10.3. The number of aromatic nitrogens is 2. The molecule has 0 aliphatic heterocycles. The molecule has 0 atom stereocenters. The van der Waals surface area contributed by atoms with E-state index in [0.717, 1.165) is 11.5 Å². The number of carbonyl (C=O) groups is 1. The number of nitrogens with zero attached hydrogens (tertiary/aromatic N) is 2. The second-order valence-corrected chi connectivity index (χ2v) is 4.09. The molecule has 18 heavy (non-hydrogen) atoms. The van der Waals surface area contributed by atoms with Crippen molar-refractivity contribution >= 4 is 17.3 Å². The summed E-state index contributed by atoms with van der Waals surface area (Å²) in [6.07, 6.45) is 4.01. The van der Waals surface area contributed by atoms with Crippen LogP contribution in [0.25, 0.3) is 0 Å². The largest absolute Gasteiger partial charge is 0.399 e. The number of amides is 1. The van der Waals surface area contributed by atoms with E-state index in [0.29, 0.717) is 18.7 Å². The molecule has 0 aliphatic rings. The molecule has 0 radical (unpaired) electrons. The van der Waals surface area contributed by atoms with Crippen molar-refractivity contribution in [2.24, 2.45) is 0 Å². The number of imidazole rings is 1. The summed E-state index contributed by atoms with van der Waals surface area (Å²) in [7, 11) is 0. The van der Waals surface area contributed by atoms with Gasteiger partial charge < -0.3 is 15.6 Å². The fourth-order valence-corrected chi connectivity index (χ4v) is 1.65. The van der Waals surface area contributed by atoms with E-state index in [1.807, 2.05) is 17.7 Å². The van der Waals surface area contributed by atoms with E-state index >= 15 is 0 Å². The Labute approximate surface area is 106 Å². The number of aryl methyl sites for hydroxylation is 2. The summed E-state index contributed by atoms with van der Waals surface area (Å²) in [6.45, 7) is 2.55. The van der Waals surface area contributed by atoms with Crippen LogP contribution < -0.4 is 11.1 Å². The van der Waals surface area contributed by atoms with Crippen LogP contribution in [0.4, 0.5) is 11.4 Å². The fourth-order valence-electron chi connectivity index (χ4n) is 1.65. The van der Waals surface area contributed by atoms with E-state index in [1.165, 1.54) is 0 Å². The van der Waals surface area contributed by atoms with E-state index in [1.54, 1.807) is 30.5 Å². The molecule has 0 fully saturated rings. The normalized spacial score (nSPS) is 10.3. The van der Waals surface area contributed by atoms with E-state index in [-0.39, 0.29) is 5.91 Å². The molecular weight excluding hydrogens is 228 g/mol. The monoisotopic (exact) mass is 244 g/mol. The molecule has 0 bridgehead atoms. The van der Waals surface area contributed by atoms with Gasteiger partial charge in [-0.15, -0.1) is 0 Å². The van der Waals surface area contributed by atoms with Gasteiger partial charge in [-0.05, 0) is 31.2 Å². The van der Waals surface area contributed by atoms with E-state index < -0.39 is 0 Å². The van der Waals surface area contributed by atoms with Crippen LogP contribution >= 0.6 is 0 Å². The Hall–Kier alpha value is -2.30. The van der Waals surface area contributed by atoms with Crippen molar-refractivity contribution in [3.63, 3.8) is 0 Å². The lowest BCUT2D eigenvalue weighted by atomic mass is 10.3. The highest BCUT2D eigenvalue weighted by molar-refractivity contribution is 5.90. The van der Waals surface area contributed by atoms with E-state index in [9.17, 15) is 4.79 Å². The fraction of sp³-hybridized carbons (Fsp3) is 0.231. The van der Waals surface area contributed by atoms with Crippen LogP contribution in [0.5, 0.6) is 0 Å². The van der Waals surface area contributed by atoms with Crippen molar-refractivity contribution in [3.8, 4) is 0 Å². The van der Waals surface area contributed by atoms with Gasteiger partial charge in [-0.2, -0.15) is 0 Å². The quantitative estimate of drug-likeness (QED) is 0.805. The lowest BCUT2D eigenvalue weighted by Crippen LogP contribution is -2.14. The van der Waals surface area contributed by atoms with Gasteiger partial charge in [0.05, 0.1) is 0 Å². The highest BCUT2D eigenvalue weighted by Crippen LogP contribution is 2.10. The molecule has 1 amide bonds. The molecule has 0 saturated heterocycles. The molecule has 0 aliphatic carbocycles. The SMILES string of the molecule is Cc1nccn1CCC(=O)Nc1ccc(N)cc1. The summed E-state index contributed by atoms with van der Waals surface area (Å²) in [4.78, 5) is 15.8. The number of hydrogen-bond acceptors (Lipinski definition) is 3. The Morgan fingerprint density at radius 1 is 1.39 bits per heavy atom. The first kappa shape index (κ1) is 12.2. The number of carbonyl (C=O) groups excluding carboxylic acids is 1. The van der Waals surface area contributed by atoms with Crippen LogP contribution in [0.3, 0.4) is 0 Å². The first-order valence-electron chi connectivity index (χ1n) is 5.78. The topological polar surface area (TPSA) is 72.9 Å². The maximum absolute atomic E-state index is 11.7. The number of nitrogen functional groups attached to an aromatic ring is 1. The minimum Gasteiger partial charge on any atom is -0.399 e. The first-order chi connectivity index (χ1) is 8.65. The zero-order chi connectivity index (χ0) is 13.0. The van der Waals surface area contributed by atoms with Gasteiger partial charge in [0.2, 0.25) is 5.91 Å². The number of anilines is 2. The average Bonchev–Trinajstić information content (AvgIpc) is 2.75. The maximum Gasteiger partial charge on any atom is 0.226 e. The Morgan fingerprint density at radius 3 is 2.72 bits per heavy atom. The molecule has 1 heterocycles. The summed E-state index contributed by atoms with van der Waals surface area (Å²) < 4.78 is 1.95. The molecule has 5 heteroatoms. The van der Waals surface area contributed by atoms with Gasteiger partial charge >= 0.3 is 0 Å². The van der Waals surface area contributed by atoms with Gasteiger partial charge in [-0.3, -0.25) is 4.79 Å². The van der Waals surface area contributed by atoms with Crippen LogP contribution in [-0.2, 0) is 11.3 Å². The Kier molecular flexibility index (Phi) is 3.62. The Morgan fingerprint density at radius 2 is 2.11 bits per heavy atom. The van der Waals surface area contributed by atoms with Crippen molar-refractivity contribution in [2.45, 2.75) is 19.9 Å². The van der Waals surface area contributed by atoms with Gasteiger partial charge in [0, 0.05) is 36.7 Å². The smallest absolute Gasteiger partial charge is 0.226 e. The third kappa shape index (κ3) is 3.10. The number of nitrogens with two attached hydrogens (primary N) is 1. The second-order valence-electron chi connectivity index (χ2n) is 4.09. The standard InChI is InChI=1S/C13H16N4O/c1-10-15-7-9-17(10)8-6-13(18)16-12-4-2-11(14)3-5-12/h2-5,7,9H,6,8,14H2,1H3,(H,16,18). The number of nitrogens with one attached hydrogen (secondary N) is 1. The highest BCUT2D eigenvalue weighted by atomic mass is 16.1. The molecule has 2 rings (SSSR count). The number of benzene rings is 1. The van der Waals surface area contributed by atoms with Crippen molar-refractivity contribution in [3.05, 3.63) is 42.5 Å². The van der Waals surface area contributed by atoms with Crippen molar-refractivity contribution in [1.29, 1.82) is 0 Å². The average molecular weight is 244 g/mol. The molecule has 0 spiro atoms. The number of hydrogen-bond donors (Lipinski definition) is 2. The molecule has 1 aromatic carbocycles. The molecule has 3 N–H and O–H groups in total. The summed E-state index contributed by atoms with van der Waals surface area (Å²) in [6, 6.07) is 7.09. The van der Waals surface area contributed by atoms with Gasteiger partial charge in [0.1, 0.15) is 5.82 Å². The number of rotatable bonds is 4. The molecule has 2 aromatic rings. The summed E-state index contributed by atoms with van der Waals surface area (Å²) in [5.41, 5.74) is 7.02. The molecule has 0 unspecified atom stereocenters. The van der Waals surface area contributed by atoms with Gasteiger partial charge in [-0.25, -0.2) is 4.98 Å². The summed E-state index contributed by atoms with van der Waals surface area (Å²) in [5, 5.41) is 2.82. The van der Waals surface area contributed by atoms with Gasteiger partial charge in [0.15, 0.2) is 0 Å². The van der Waals surface area contributed by atoms with Gasteiger partial charge in [-0.1, -0.05) is 0 Å². The zero-order valence-electron chi connectivity index (χ0n) is 10.3. The summed E-state index contributed by atoms with van der Waals surface area (Å²) in [5.74, 6) is 0.892. The third-order valence-electron chi connectivity index (χ3n) is 2.70. The van der Waals surface area contributed by atoms with Crippen molar-refractivity contribution in [1.82, 2.24) is 9.55 Å². The van der Waals surface area contributed by atoms with E-state index in [4.69, 9.17) is 5.73 Å². The minimum absolute atomic E-state index is 0.0205. The molecule has 5 nitrogen and oxygen atoms in total. The van der Waals surface area contributed by atoms with Crippen LogP contribution in [0.1, 0.15) is 12.2 Å². The first-order valence-corrected chi connectivity index (χ1v) is 5.78. The maximum atomic E-state index is 11.7. The van der Waals surface area contributed by atoms with Gasteiger partial charge in [0.25, 0.3) is 0 Å². The second kappa shape index (κ2) is 5.35. The van der Waals surface area contributed by atoms with Crippen LogP contribution in [0.15, 0.2) is 36.7 Å². The molecule has 0 saturated carbocycles. The predicted octanol–water partition coefficient (Wildman–Crippen LogP) is 1.80. The van der Waals surface area contributed by atoms with Crippen molar-refractivity contribution in [2.75, 3.05) is 11.1 Å². The Balaban J connectivity index is 1.86. The summed E-state index contributed by atoms with van der Waals surface area (Å²) >= 11 is 0. The van der Waals surface area contributed by atoms with Crippen LogP contribution in [0, 0.1) is 6.92 Å². The molecular formula is C13H16N4O. The lowest BCUT2D eigenvalue weighted by Gasteiger charge is -2.07. The molecule has 94 valence electrons. The lowest BCUT2D eigenvalue weighted by molar-refractivity contribution is -0.116. The van der Waals surface area contributed by atoms with Crippen LogP contribution in [-0.4, -0.2) is 15.5 Å². The highest BCUT2D eigenvalue weighted by Gasteiger charge is 2.04. The molecule has 1 aromatic heterocycles. The van der Waals surface area contributed by atoms with Crippen LogP contribution in [0.2, 0.25) is 0 Å². The van der Waals surface area contributed by atoms with E-state index in [2.05, 4.69) is 10.3 Å².